The van der Waals surface area contributed by atoms with Crippen molar-refractivity contribution in [3.63, 3.8) is 0 Å². The van der Waals surface area contributed by atoms with Crippen LogP contribution in [0.2, 0.25) is 0 Å². The van der Waals surface area contributed by atoms with Crippen LogP contribution in [0.5, 0.6) is 0 Å². The lowest BCUT2D eigenvalue weighted by atomic mass is 10.2. The maximum Gasteiger partial charge on any atom is 0.338 e. The molecule has 0 amide bonds. The molecular weight excluding hydrogens is 232 g/mol. The number of nitrogens with zero attached hydrogens (tertiary/aromatic N) is 4. The SMILES string of the molecule is CN(C)CCCOC(=O)c1cccc(N=[N+]=[N-])c1. The number of rotatable bonds is 6. The van der Waals surface area contributed by atoms with Crippen molar-refractivity contribution in [1.82, 2.24) is 4.90 Å². The molecule has 0 N–H and O–H groups in total. The molecule has 0 atom stereocenters. The Labute approximate surface area is 106 Å². The second-order valence-corrected chi connectivity index (χ2v) is 4.03. The second-order valence-electron chi connectivity index (χ2n) is 4.03. The van der Waals surface area contributed by atoms with Crippen LogP contribution in [0.25, 0.3) is 10.4 Å². The van der Waals surface area contributed by atoms with Gasteiger partial charge in [0.1, 0.15) is 0 Å². The third-order valence-electron chi connectivity index (χ3n) is 2.22. The molecule has 96 valence electrons. The first-order chi connectivity index (χ1) is 8.63. The standard InChI is InChI=1S/C12H16N4O2/c1-16(2)7-4-8-18-12(17)10-5-3-6-11(9-10)14-15-13/h3,5-6,9H,4,7-8H2,1-2H3. The maximum absolute atomic E-state index is 11.7. The molecule has 0 radical (unpaired) electrons. The number of benzene rings is 1. The fourth-order valence-electron chi connectivity index (χ4n) is 1.38. The van der Waals surface area contributed by atoms with Gasteiger partial charge >= 0.3 is 5.97 Å². The molecular formula is C12H16N4O2. The number of azide groups is 1. The molecule has 0 heterocycles. The predicted octanol–water partition coefficient (Wildman–Crippen LogP) is 2.74. The molecule has 1 aromatic rings. The lowest BCUT2D eigenvalue weighted by Gasteiger charge is -2.09. The topological polar surface area (TPSA) is 78.3 Å². The zero-order valence-corrected chi connectivity index (χ0v) is 10.5. The van der Waals surface area contributed by atoms with E-state index in [1.807, 2.05) is 19.0 Å². The Morgan fingerprint density at radius 2 is 2.28 bits per heavy atom. The lowest BCUT2D eigenvalue weighted by Crippen LogP contribution is -2.16. The molecule has 1 rings (SSSR count). The zero-order valence-electron chi connectivity index (χ0n) is 10.5. The van der Waals surface area contributed by atoms with Crippen LogP contribution < -0.4 is 0 Å². The molecule has 0 unspecified atom stereocenters. The van der Waals surface area contributed by atoms with Gasteiger partial charge < -0.3 is 9.64 Å². The minimum absolute atomic E-state index is 0.378. The van der Waals surface area contributed by atoms with E-state index < -0.39 is 5.97 Å². The average Bonchev–Trinajstić information content (AvgIpc) is 2.35. The van der Waals surface area contributed by atoms with E-state index in [2.05, 4.69) is 10.0 Å². The van der Waals surface area contributed by atoms with Crippen molar-refractivity contribution < 1.29 is 9.53 Å². The Balaban J connectivity index is 2.51. The quantitative estimate of drug-likeness (QED) is 0.255. The highest BCUT2D eigenvalue weighted by Gasteiger charge is 2.07. The smallest absolute Gasteiger partial charge is 0.338 e. The van der Waals surface area contributed by atoms with Crippen molar-refractivity contribution in [2.75, 3.05) is 27.2 Å². The van der Waals surface area contributed by atoms with Gasteiger partial charge in [-0.2, -0.15) is 0 Å². The van der Waals surface area contributed by atoms with Gasteiger partial charge in [0, 0.05) is 17.1 Å². The minimum atomic E-state index is -0.399. The van der Waals surface area contributed by atoms with E-state index in [0.717, 1.165) is 13.0 Å². The van der Waals surface area contributed by atoms with Crippen LogP contribution in [0.4, 0.5) is 5.69 Å². The number of hydrogen-bond donors (Lipinski definition) is 0. The van der Waals surface area contributed by atoms with Crippen LogP contribution in [0.3, 0.4) is 0 Å². The van der Waals surface area contributed by atoms with E-state index in [0.29, 0.717) is 17.9 Å². The third kappa shape index (κ3) is 4.86. The van der Waals surface area contributed by atoms with E-state index >= 15 is 0 Å². The molecule has 6 heteroatoms. The van der Waals surface area contributed by atoms with Crippen molar-refractivity contribution in [2.24, 2.45) is 5.11 Å². The normalized spacial score (nSPS) is 9.94. The summed E-state index contributed by atoms with van der Waals surface area (Å²) < 4.78 is 5.11. The summed E-state index contributed by atoms with van der Waals surface area (Å²) in [4.78, 5) is 16.4. The van der Waals surface area contributed by atoms with E-state index in [-0.39, 0.29) is 0 Å². The van der Waals surface area contributed by atoms with Gasteiger partial charge in [-0.25, -0.2) is 4.79 Å². The van der Waals surface area contributed by atoms with Crippen molar-refractivity contribution in [3.05, 3.63) is 40.3 Å². The first kappa shape index (κ1) is 14.0. The van der Waals surface area contributed by atoms with Gasteiger partial charge in [-0.15, -0.1) is 0 Å². The van der Waals surface area contributed by atoms with Crippen molar-refractivity contribution in [3.8, 4) is 0 Å². The van der Waals surface area contributed by atoms with Crippen molar-refractivity contribution in [1.29, 1.82) is 0 Å². The van der Waals surface area contributed by atoms with Gasteiger partial charge in [-0.1, -0.05) is 17.2 Å². The largest absolute Gasteiger partial charge is 0.462 e. The van der Waals surface area contributed by atoms with E-state index in [1.165, 1.54) is 6.07 Å². The van der Waals surface area contributed by atoms with Crippen LogP contribution in [0.1, 0.15) is 16.8 Å². The summed E-state index contributed by atoms with van der Waals surface area (Å²) in [7, 11) is 3.93. The van der Waals surface area contributed by atoms with Gasteiger partial charge in [-0.05, 0) is 38.2 Å². The highest BCUT2D eigenvalue weighted by atomic mass is 16.5. The molecule has 0 saturated heterocycles. The number of carbonyl (C=O) groups is 1. The summed E-state index contributed by atoms with van der Waals surface area (Å²) in [5.41, 5.74) is 9.11. The Kier molecular flexibility index (Phi) is 5.70. The van der Waals surface area contributed by atoms with Crippen LogP contribution in [0.15, 0.2) is 29.4 Å². The summed E-state index contributed by atoms with van der Waals surface area (Å²) in [5.74, 6) is -0.399. The molecule has 6 nitrogen and oxygen atoms in total. The molecule has 0 fully saturated rings. The molecule has 0 aliphatic rings. The average molecular weight is 248 g/mol. The van der Waals surface area contributed by atoms with Gasteiger partial charge in [0.2, 0.25) is 0 Å². The van der Waals surface area contributed by atoms with Gasteiger partial charge in [0.25, 0.3) is 0 Å². The van der Waals surface area contributed by atoms with Gasteiger partial charge in [-0.3, -0.25) is 0 Å². The van der Waals surface area contributed by atoms with E-state index in [4.69, 9.17) is 10.3 Å². The van der Waals surface area contributed by atoms with Gasteiger partial charge in [0.15, 0.2) is 0 Å². The number of carbonyl (C=O) groups excluding carboxylic acids is 1. The van der Waals surface area contributed by atoms with E-state index in [9.17, 15) is 4.79 Å². The van der Waals surface area contributed by atoms with Crippen LogP contribution in [0, 0.1) is 0 Å². The number of esters is 1. The molecule has 0 aliphatic heterocycles. The summed E-state index contributed by atoms with van der Waals surface area (Å²) in [6, 6.07) is 6.42. The molecule has 0 aromatic heterocycles. The first-order valence-corrected chi connectivity index (χ1v) is 5.60. The van der Waals surface area contributed by atoms with Crippen LogP contribution in [-0.4, -0.2) is 38.1 Å². The number of ether oxygens (including phenoxy) is 1. The molecule has 1 aromatic carbocycles. The summed E-state index contributed by atoms with van der Waals surface area (Å²) in [6.07, 6.45) is 0.786. The Morgan fingerprint density at radius 1 is 1.50 bits per heavy atom. The first-order valence-electron chi connectivity index (χ1n) is 5.60. The fraction of sp³-hybridized carbons (Fsp3) is 0.417. The Morgan fingerprint density at radius 3 is 2.94 bits per heavy atom. The summed E-state index contributed by atoms with van der Waals surface area (Å²) >= 11 is 0. The molecule has 0 aliphatic carbocycles. The second kappa shape index (κ2) is 7.32. The highest BCUT2D eigenvalue weighted by Crippen LogP contribution is 2.15. The minimum Gasteiger partial charge on any atom is -0.462 e. The summed E-state index contributed by atoms with van der Waals surface area (Å²) in [6.45, 7) is 1.24. The van der Waals surface area contributed by atoms with Crippen LogP contribution in [-0.2, 0) is 4.74 Å². The lowest BCUT2D eigenvalue weighted by molar-refractivity contribution is 0.0493. The fourth-order valence-corrected chi connectivity index (χ4v) is 1.38. The molecule has 0 saturated carbocycles. The predicted molar refractivity (Wildman–Crippen MR) is 68.7 cm³/mol. The van der Waals surface area contributed by atoms with Crippen molar-refractivity contribution >= 4 is 11.7 Å². The highest BCUT2D eigenvalue weighted by molar-refractivity contribution is 5.90. The van der Waals surface area contributed by atoms with Crippen molar-refractivity contribution in [2.45, 2.75) is 6.42 Å². The molecule has 0 bridgehead atoms. The summed E-state index contributed by atoms with van der Waals surface area (Å²) in [5, 5.41) is 3.44. The Bertz CT molecular complexity index is 453. The Hall–Kier alpha value is -2.04. The monoisotopic (exact) mass is 248 g/mol. The molecule has 18 heavy (non-hydrogen) atoms. The van der Waals surface area contributed by atoms with Crippen LogP contribution >= 0.6 is 0 Å². The van der Waals surface area contributed by atoms with Gasteiger partial charge in [0.05, 0.1) is 12.2 Å². The maximum atomic E-state index is 11.7. The van der Waals surface area contributed by atoms with E-state index in [1.54, 1.807) is 18.2 Å². The zero-order chi connectivity index (χ0) is 13.4. The molecule has 0 spiro atoms. The number of hydrogen-bond acceptors (Lipinski definition) is 4. The third-order valence-corrected chi connectivity index (χ3v) is 2.22.